The molecular weight excluding hydrogens is 396 g/mol. The number of anilines is 1. The van der Waals surface area contributed by atoms with E-state index in [1.807, 2.05) is 24.3 Å². The van der Waals surface area contributed by atoms with Crippen LogP contribution in [0.2, 0.25) is 0 Å². The predicted octanol–water partition coefficient (Wildman–Crippen LogP) is 5.87. The molecule has 1 atom stereocenters. The first-order chi connectivity index (χ1) is 12.3. The minimum Gasteiger partial charge on any atom is -0.496 e. The van der Waals surface area contributed by atoms with Gasteiger partial charge in [-0.3, -0.25) is 5.01 Å². The minimum atomic E-state index is 0.113. The van der Waals surface area contributed by atoms with Crippen LogP contribution in [-0.4, -0.2) is 12.8 Å². The molecule has 0 fully saturated rings. The molecule has 0 amide bonds. The molecule has 0 N–H and O–H groups in total. The number of benzene rings is 2. The Morgan fingerprint density at radius 2 is 2.00 bits per heavy atom. The molecule has 0 radical (unpaired) electrons. The van der Waals surface area contributed by atoms with Crippen molar-refractivity contribution >= 4 is 38.7 Å². The van der Waals surface area contributed by atoms with Crippen LogP contribution in [0.3, 0.4) is 0 Å². The van der Waals surface area contributed by atoms with Crippen LogP contribution in [0, 0.1) is 0 Å². The summed E-state index contributed by atoms with van der Waals surface area (Å²) in [6.45, 7) is 0. The fourth-order valence-electron chi connectivity index (χ4n) is 3.14. The highest BCUT2D eigenvalue weighted by Gasteiger charge is 2.32. The van der Waals surface area contributed by atoms with E-state index in [9.17, 15) is 0 Å². The minimum absolute atomic E-state index is 0.113. The smallest absolute Gasteiger partial charge is 0.124 e. The zero-order chi connectivity index (χ0) is 17.2. The van der Waals surface area contributed by atoms with Crippen LogP contribution in [0.1, 0.15) is 22.9 Å². The van der Waals surface area contributed by atoms with E-state index in [1.165, 1.54) is 4.88 Å². The number of hydrazone groups is 1. The summed E-state index contributed by atoms with van der Waals surface area (Å²) in [7, 11) is 1.72. The molecule has 0 spiro atoms. The van der Waals surface area contributed by atoms with Crippen molar-refractivity contribution in [2.45, 2.75) is 12.5 Å². The number of para-hydroxylation sites is 1. The Morgan fingerprint density at radius 1 is 1.12 bits per heavy atom. The molecule has 1 aliphatic rings. The molecule has 0 bridgehead atoms. The lowest BCUT2D eigenvalue weighted by atomic mass is 10.00. The third kappa shape index (κ3) is 3.22. The van der Waals surface area contributed by atoms with Gasteiger partial charge in [-0.05, 0) is 35.7 Å². The van der Waals surface area contributed by atoms with Crippen molar-refractivity contribution in [1.82, 2.24) is 0 Å². The van der Waals surface area contributed by atoms with Crippen LogP contribution in [-0.2, 0) is 0 Å². The number of hydrogen-bond acceptors (Lipinski definition) is 4. The van der Waals surface area contributed by atoms with E-state index in [4.69, 9.17) is 9.84 Å². The number of ether oxygens (including phenoxy) is 1. The van der Waals surface area contributed by atoms with Crippen molar-refractivity contribution in [3.8, 4) is 5.75 Å². The molecule has 0 aliphatic carbocycles. The molecule has 4 rings (SSSR count). The second-order valence-corrected chi connectivity index (χ2v) is 7.67. The topological polar surface area (TPSA) is 24.8 Å². The molecule has 5 heteroatoms. The lowest BCUT2D eigenvalue weighted by Gasteiger charge is -2.25. The van der Waals surface area contributed by atoms with Gasteiger partial charge in [0.1, 0.15) is 5.75 Å². The normalized spacial score (nSPS) is 16.8. The van der Waals surface area contributed by atoms with Crippen LogP contribution < -0.4 is 9.75 Å². The van der Waals surface area contributed by atoms with Crippen LogP contribution in [0.4, 0.5) is 5.69 Å². The van der Waals surface area contributed by atoms with Crippen molar-refractivity contribution < 1.29 is 4.74 Å². The van der Waals surface area contributed by atoms with E-state index in [2.05, 4.69) is 62.7 Å². The summed E-state index contributed by atoms with van der Waals surface area (Å²) in [5, 5.41) is 9.16. The van der Waals surface area contributed by atoms with Crippen LogP contribution in [0.15, 0.2) is 75.6 Å². The number of thiophene rings is 1. The van der Waals surface area contributed by atoms with Crippen molar-refractivity contribution in [2.24, 2.45) is 5.10 Å². The average Bonchev–Trinajstić information content (AvgIpc) is 3.31. The Bertz CT molecular complexity index is 908. The Labute approximate surface area is 159 Å². The molecule has 0 saturated carbocycles. The van der Waals surface area contributed by atoms with Gasteiger partial charge in [0.25, 0.3) is 0 Å². The molecule has 3 nitrogen and oxygen atoms in total. The number of rotatable bonds is 4. The van der Waals surface area contributed by atoms with Gasteiger partial charge in [-0.15, -0.1) is 11.3 Å². The summed E-state index contributed by atoms with van der Waals surface area (Å²) in [6, 6.07) is 20.8. The summed E-state index contributed by atoms with van der Waals surface area (Å²) in [4.78, 5) is 1.22. The van der Waals surface area contributed by atoms with Gasteiger partial charge < -0.3 is 4.74 Å². The first-order valence-electron chi connectivity index (χ1n) is 8.05. The van der Waals surface area contributed by atoms with Crippen LogP contribution in [0.5, 0.6) is 5.75 Å². The van der Waals surface area contributed by atoms with Crippen molar-refractivity contribution in [1.29, 1.82) is 0 Å². The van der Waals surface area contributed by atoms with E-state index < -0.39 is 0 Å². The molecule has 1 aliphatic heterocycles. The number of hydrogen-bond donors (Lipinski definition) is 0. The quantitative estimate of drug-likeness (QED) is 0.534. The molecule has 2 heterocycles. The fourth-order valence-corrected chi connectivity index (χ4v) is 4.25. The van der Waals surface area contributed by atoms with Gasteiger partial charge in [-0.1, -0.05) is 46.3 Å². The van der Waals surface area contributed by atoms with Crippen LogP contribution >= 0.6 is 27.3 Å². The van der Waals surface area contributed by atoms with Gasteiger partial charge in [0, 0.05) is 16.5 Å². The van der Waals surface area contributed by atoms with Crippen molar-refractivity contribution in [2.75, 3.05) is 12.1 Å². The predicted molar refractivity (Wildman–Crippen MR) is 108 cm³/mol. The SMILES string of the molecule is COc1ccccc1[C@@H]1CC(c2cccs2)=NN1c1cccc(Br)c1. The molecular formula is C20H17BrN2OS. The second kappa shape index (κ2) is 7.02. The van der Waals surface area contributed by atoms with E-state index >= 15 is 0 Å². The average molecular weight is 413 g/mol. The van der Waals surface area contributed by atoms with E-state index in [-0.39, 0.29) is 6.04 Å². The molecule has 126 valence electrons. The maximum absolute atomic E-state index is 5.61. The maximum atomic E-state index is 5.61. The van der Waals surface area contributed by atoms with Crippen molar-refractivity contribution in [3.63, 3.8) is 0 Å². The third-order valence-corrected chi connectivity index (χ3v) is 5.70. The molecule has 2 aromatic carbocycles. The Balaban J connectivity index is 1.79. The van der Waals surface area contributed by atoms with Gasteiger partial charge in [-0.25, -0.2) is 0 Å². The fraction of sp³-hybridized carbons (Fsp3) is 0.150. The Morgan fingerprint density at radius 3 is 2.76 bits per heavy atom. The highest BCUT2D eigenvalue weighted by molar-refractivity contribution is 9.10. The summed E-state index contributed by atoms with van der Waals surface area (Å²) < 4.78 is 6.65. The summed E-state index contributed by atoms with van der Waals surface area (Å²) in [5.41, 5.74) is 3.34. The summed E-state index contributed by atoms with van der Waals surface area (Å²) in [6.07, 6.45) is 0.855. The van der Waals surface area contributed by atoms with Crippen molar-refractivity contribution in [3.05, 3.63) is 81.0 Å². The second-order valence-electron chi connectivity index (χ2n) is 5.81. The highest BCUT2D eigenvalue weighted by atomic mass is 79.9. The number of methoxy groups -OCH3 is 1. The van der Waals surface area contributed by atoms with Gasteiger partial charge in [0.05, 0.1) is 29.4 Å². The molecule has 0 unspecified atom stereocenters. The van der Waals surface area contributed by atoms with Gasteiger partial charge >= 0.3 is 0 Å². The molecule has 1 aromatic heterocycles. The maximum Gasteiger partial charge on any atom is 0.124 e. The first-order valence-corrected chi connectivity index (χ1v) is 9.72. The standard InChI is InChI=1S/C20H17BrN2OS/c1-24-19-9-3-2-8-16(19)18-13-17(20-10-5-11-25-20)22-23(18)15-7-4-6-14(21)12-15/h2-12,18H,13H2,1H3/t18-/m0/s1. The Hall–Kier alpha value is -2.11. The Kier molecular flexibility index (Phi) is 4.59. The molecule has 3 aromatic rings. The van der Waals surface area contributed by atoms with E-state index in [0.29, 0.717) is 0 Å². The monoisotopic (exact) mass is 412 g/mol. The summed E-state index contributed by atoms with van der Waals surface area (Å²) in [5.74, 6) is 0.898. The van der Waals surface area contributed by atoms with Gasteiger partial charge in [0.15, 0.2) is 0 Å². The molecule has 25 heavy (non-hydrogen) atoms. The first kappa shape index (κ1) is 16.4. The van der Waals surface area contributed by atoms with E-state index in [0.717, 1.165) is 33.6 Å². The largest absolute Gasteiger partial charge is 0.496 e. The van der Waals surface area contributed by atoms with Crippen LogP contribution in [0.25, 0.3) is 0 Å². The van der Waals surface area contributed by atoms with E-state index in [1.54, 1.807) is 18.4 Å². The lowest BCUT2D eigenvalue weighted by Crippen LogP contribution is -2.19. The third-order valence-electron chi connectivity index (χ3n) is 4.29. The van der Waals surface area contributed by atoms with Gasteiger partial charge in [-0.2, -0.15) is 5.10 Å². The number of halogens is 1. The summed E-state index contributed by atoms with van der Waals surface area (Å²) >= 11 is 5.30. The number of nitrogens with zero attached hydrogens (tertiary/aromatic N) is 2. The van der Waals surface area contributed by atoms with Gasteiger partial charge in [0.2, 0.25) is 0 Å². The lowest BCUT2D eigenvalue weighted by molar-refractivity contribution is 0.405. The highest BCUT2D eigenvalue weighted by Crippen LogP contribution is 2.41. The zero-order valence-corrected chi connectivity index (χ0v) is 16.1. The zero-order valence-electron chi connectivity index (χ0n) is 13.7. The molecule has 0 saturated heterocycles.